The van der Waals surface area contributed by atoms with E-state index < -0.39 is 5.37 Å². The van der Waals surface area contributed by atoms with Crippen molar-refractivity contribution >= 4 is 28.5 Å². The summed E-state index contributed by atoms with van der Waals surface area (Å²) in [6.45, 7) is 0. The number of para-hydroxylation sites is 1. The first kappa shape index (κ1) is 10.6. The highest BCUT2D eigenvalue weighted by atomic mass is 35.5. The van der Waals surface area contributed by atoms with Crippen LogP contribution in [0.1, 0.15) is 0 Å². The highest BCUT2D eigenvalue weighted by molar-refractivity contribution is 6.66. The minimum absolute atomic E-state index is 0.508. The molecule has 0 aliphatic heterocycles. The van der Waals surface area contributed by atoms with E-state index in [0.29, 0.717) is 11.5 Å². The largest absolute Gasteiger partial charge is 0.326 e. The Hall–Kier alpha value is -1.87. The summed E-state index contributed by atoms with van der Waals surface area (Å²) in [5.41, 5.74) is 0.696. The average molecular weight is 233 g/mol. The van der Waals surface area contributed by atoms with Gasteiger partial charge in [-0.25, -0.2) is 4.98 Å². The first-order chi connectivity index (χ1) is 7.79. The molecule has 1 heterocycles. The van der Waals surface area contributed by atoms with Gasteiger partial charge < -0.3 is 0 Å². The number of halogens is 1. The molecular weight excluding hydrogens is 224 g/mol. The fraction of sp³-hybridized carbons (Fsp3) is 0. The highest BCUT2D eigenvalue weighted by Crippen LogP contribution is 2.24. The second-order valence-electron chi connectivity index (χ2n) is 3.11. The Balaban J connectivity index is 2.44. The minimum Gasteiger partial charge on any atom is -0.255 e. The molecule has 16 heavy (non-hydrogen) atoms. The molecule has 4 heteroatoms. The summed E-state index contributed by atoms with van der Waals surface area (Å²) in [5.74, 6) is 0.508. The molecule has 0 radical (unpaired) electrons. The molecule has 1 amide bonds. The van der Waals surface area contributed by atoms with E-state index in [0.717, 1.165) is 0 Å². The van der Waals surface area contributed by atoms with Crippen molar-refractivity contribution in [3.8, 4) is 0 Å². The van der Waals surface area contributed by atoms with Crippen molar-refractivity contribution < 1.29 is 4.79 Å². The first-order valence-electron chi connectivity index (χ1n) is 4.75. The fourth-order valence-electron chi connectivity index (χ4n) is 1.39. The molecule has 0 saturated heterocycles. The molecule has 0 N–H and O–H groups in total. The molecular formula is C12H9ClN2O. The Bertz CT molecular complexity index is 433. The van der Waals surface area contributed by atoms with Crippen molar-refractivity contribution in [3.63, 3.8) is 0 Å². The molecule has 0 atom stereocenters. The third-order valence-electron chi connectivity index (χ3n) is 2.07. The Labute approximate surface area is 98.3 Å². The lowest BCUT2D eigenvalue weighted by atomic mass is 10.3. The molecule has 0 bridgehead atoms. The van der Waals surface area contributed by atoms with Gasteiger partial charge in [0.15, 0.2) is 0 Å². The van der Waals surface area contributed by atoms with Crippen molar-refractivity contribution in [2.75, 3.05) is 4.90 Å². The van der Waals surface area contributed by atoms with Gasteiger partial charge in [0.25, 0.3) is 0 Å². The van der Waals surface area contributed by atoms with E-state index in [1.807, 2.05) is 18.2 Å². The van der Waals surface area contributed by atoms with E-state index in [2.05, 4.69) is 4.98 Å². The maximum Gasteiger partial charge on any atom is 0.326 e. The van der Waals surface area contributed by atoms with Gasteiger partial charge in [-0.15, -0.1) is 0 Å². The van der Waals surface area contributed by atoms with Gasteiger partial charge in [0.05, 0.1) is 5.69 Å². The zero-order valence-electron chi connectivity index (χ0n) is 8.38. The van der Waals surface area contributed by atoms with E-state index in [4.69, 9.17) is 11.6 Å². The normalized spacial score (nSPS) is 9.81. The molecule has 0 aliphatic rings. The Morgan fingerprint density at radius 2 is 1.75 bits per heavy atom. The number of benzene rings is 1. The van der Waals surface area contributed by atoms with Crippen molar-refractivity contribution in [1.29, 1.82) is 0 Å². The second kappa shape index (κ2) is 4.77. The molecule has 1 aromatic heterocycles. The number of carbonyl (C=O) groups excluding carboxylic acids is 1. The van der Waals surface area contributed by atoms with Crippen LogP contribution in [0.4, 0.5) is 16.3 Å². The van der Waals surface area contributed by atoms with Gasteiger partial charge >= 0.3 is 5.37 Å². The maximum atomic E-state index is 11.4. The van der Waals surface area contributed by atoms with Gasteiger partial charge in [0, 0.05) is 6.20 Å². The van der Waals surface area contributed by atoms with Crippen LogP contribution >= 0.6 is 11.6 Å². The molecule has 0 unspecified atom stereocenters. The van der Waals surface area contributed by atoms with Crippen LogP contribution in [0.15, 0.2) is 54.7 Å². The number of amides is 1. The van der Waals surface area contributed by atoms with Gasteiger partial charge in [-0.2, -0.15) is 0 Å². The molecule has 2 aromatic rings. The molecule has 80 valence electrons. The van der Waals surface area contributed by atoms with Crippen LogP contribution in [0, 0.1) is 0 Å². The number of anilines is 2. The van der Waals surface area contributed by atoms with Gasteiger partial charge in [-0.3, -0.25) is 9.69 Å². The van der Waals surface area contributed by atoms with Crippen LogP contribution in [0.25, 0.3) is 0 Å². The number of hydrogen-bond donors (Lipinski definition) is 0. The summed E-state index contributed by atoms with van der Waals surface area (Å²) in [5, 5.41) is -0.579. The minimum atomic E-state index is -0.579. The highest BCUT2D eigenvalue weighted by Gasteiger charge is 2.15. The van der Waals surface area contributed by atoms with Crippen LogP contribution in [-0.4, -0.2) is 10.4 Å². The standard InChI is InChI=1S/C12H9ClN2O/c13-12(16)15(10-6-2-1-3-7-10)11-8-4-5-9-14-11/h1-9H. The van der Waals surface area contributed by atoms with Gasteiger partial charge in [0.1, 0.15) is 5.82 Å². The summed E-state index contributed by atoms with van der Waals surface area (Å²) in [7, 11) is 0. The first-order valence-corrected chi connectivity index (χ1v) is 5.12. The molecule has 0 aliphatic carbocycles. The van der Waals surface area contributed by atoms with Crippen LogP contribution in [-0.2, 0) is 0 Å². The van der Waals surface area contributed by atoms with Crippen LogP contribution < -0.4 is 4.90 Å². The monoisotopic (exact) mass is 232 g/mol. The average Bonchev–Trinajstić information content (AvgIpc) is 2.31. The molecule has 0 saturated carbocycles. The maximum absolute atomic E-state index is 11.4. The van der Waals surface area contributed by atoms with E-state index in [-0.39, 0.29) is 0 Å². The van der Waals surface area contributed by atoms with E-state index in [1.54, 1.807) is 36.5 Å². The Kier molecular flexibility index (Phi) is 3.17. The Morgan fingerprint density at radius 1 is 1.06 bits per heavy atom. The zero-order valence-corrected chi connectivity index (χ0v) is 9.13. The summed E-state index contributed by atoms with van der Waals surface area (Å²) < 4.78 is 0. The lowest BCUT2D eigenvalue weighted by Gasteiger charge is -2.18. The molecule has 2 rings (SSSR count). The van der Waals surface area contributed by atoms with E-state index >= 15 is 0 Å². The lowest BCUT2D eigenvalue weighted by molar-refractivity contribution is 0.266. The van der Waals surface area contributed by atoms with Crippen molar-refractivity contribution in [2.45, 2.75) is 0 Å². The topological polar surface area (TPSA) is 33.2 Å². The predicted octanol–water partition coefficient (Wildman–Crippen LogP) is 3.58. The predicted molar refractivity (Wildman–Crippen MR) is 64.1 cm³/mol. The summed E-state index contributed by atoms with van der Waals surface area (Å²) in [4.78, 5) is 16.8. The van der Waals surface area contributed by atoms with Gasteiger partial charge in [0.2, 0.25) is 0 Å². The van der Waals surface area contributed by atoms with Crippen LogP contribution in [0.5, 0.6) is 0 Å². The smallest absolute Gasteiger partial charge is 0.255 e. The summed E-state index contributed by atoms with van der Waals surface area (Å²) in [6, 6.07) is 14.5. The molecule has 1 aromatic carbocycles. The van der Waals surface area contributed by atoms with Crippen molar-refractivity contribution in [2.24, 2.45) is 0 Å². The quantitative estimate of drug-likeness (QED) is 0.586. The molecule has 0 spiro atoms. The number of rotatable bonds is 2. The SMILES string of the molecule is O=C(Cl)N(c1ccccc1)c1ccccn1. The second-order valence-corrected chi connectivity index (χ2v) is 3.44. The lowest BCUT2D eigenvalue weighted by Crippen LogP contribution is -2.20. The number of carbonyl (C=O) groups is 1. The molecule has 0 fully saturated rings. The zero-order chi connectivity index (χ0) is 11.4. The van der Waals surface area contributed by atoms with Crippen molar-refractivity contribution in [1.82, 2.24) is 4.98 Å². The number of aromatic nitrogens is 1. The number of nitrogens with zero attached hydrogens (tertiary/aromatic N) is 2. The summed E-state index contributed by atoms with van der Waals surface area (Å²) >= 11 is 5.56. The fourth-order valence-corrected chi connectivity index (χ4v) is 1.57. The van der Waals surface area contributed by atoms with E-state index in [1.165, 1.54) is 4.90 Å². The van der Waals surface area contributed by atoms with Gasteiger partial charge in [-0.1, -0.05) is 24.3 Å². The Morgan fingerprint density at radius 3 is 2.31 bits per heavy atom. The van der Waals surface area contributed by atoms with Gasteiger partial charge in [-0.05, 0) is 35.9 Å². The number of pyridine rings is 1. The van der Waals surface area contributed by atoms with Crippen molar-refractivity contribution in [3.05, 3.63) is 54.7 Å². The van der Waals surface area contributed by atoms with Crippen LogP contribution in [0.2, 0.25) is 0 Å². The third-order valence-corrected chi connectivity index (χ3v) is 2.24. The summed E-state index contributed by atoms with van der Waals surface area (Å²) in [6.07, 6.45) is 1.62. The molecule has 3 nitrogen and oxygen atoms in total. The third kappa shape index (κ3) is 2.20. The number of hydrogen-bond acceptors (Lipinski definition) is 2. The van der Waals surface area contributed by atoms with E-state index in [9.17, 15) is 4.79 Å². The van der Waals surface area contributed by atoms with Crippen LogP contribution in [0.3, 0.4) is 0 Å².